The number of ether oxygens (including phenoxy) is 3. The zero-order valence-electron chi connectivity index (χ0n) is 19.0. The molecule has 0 spiro atoms. The molecule has 0 aliphatic carbocycles. The highest BCUT2D eigenvalue weighted by atomic mass is 16.7. The van der Waals surface area contributed by atoms with E-state index in [1.807, 2.05) is 0 Å². The van der Waals surface area contributed by atoms with E-state index in [2.05, 4.69) is 4.99 Å². The van der Waals surface area contributed by atoms with Gasteiger partial charge in [-0.3, -0.25) is 4.79 Å². The average molecular weight is 461 g/mol. The first-order chi connectivity index (χ1) is 14.8. The number of guanidine groups is 1. The van der Waals surface area contributed by atoms with Crippen LogP contribution in [0.3, 0.4) is 0 Å². The van der Waals surface area contributed by atoms with Gasteiger partial charge in [0.05, 0.1) is 12.6 Å². The van der Waals surface area contributed by atoms with Gasteiger partial charge in [-0.25, -0.2) is 9.79 Å². The van der Waals surface area contributed by atoms with Gasteiger partial charge >= 0.3 is 11.9 Å². The van der Waals surface area contributed by atoms with Crippen molar-refractivity contribution in [3.8, 4) is 0 Å². The van der Waals surface area contributed by atoms with E-state index in [0.717, 1.165) is 0 Å². The summed E-state index contributed by atoms with van der Waals surface area (Å²) in [6, 6.07) is -1.69. The first kappa shape index (κ1) is 27.6. The van der Waals surface area contributed by atoms with E-state index < -0.39 is 67.1 Å². The van der Waals surface area contributed by atoms with E-state index in [4.69, 9.17) is 36.5 Å². The summed E-state index contributed by atoms with van der Waals surface area (Å²) in [5.74, 6) is -3.49. The molecule has 0 aromatic rings. The zero-order valence-corrected chi connectivity index (χ0v) is 19.0. The summed E-state index contributed by atoms with van der Waals surface area (Å²) in [6.45, 7) is 7.76. The topological polar surface area (TPSA) is 213 Å². The Morgan fingerprint density at radius 1 is 1.16 bits per heavy atom. The van der Waals surface area contributed by atoms with Gasteiger partial charge in [-0.2, -0.15) is 0 Å². The summed E-state index contributed by atoms with van der Waals surface area (Å²) >= 11 is 0. The Bertz CT molecular complexity index is 708. The minimum absolute atomic E-state index is 0.183. The number of carbonyl (C=O) groups is 2. The van der Waals surface area contributed by atoms with Crippen LogP contribution in [0.1, 0.15) is 34.6 Å². The normalized spacial score (nSPS) is 24.6. The number of aliphatic hydroxyl groups is 3. The molecule has 2 unspecified atom stereocenters. The van der Waals surface area contributed by atoms with Crippen LogP contribution in [0, 0.1) is 17.8 Å². The molecule has 9 N–H and O–H groups in total. The van der Waals surface area contributed by atoms with Crippen LogP contribution in [0.25, 0.3) is 0 Å². The predicted octanol–water partition coefficient (Wildman–Crippen LogP) is -1.69. The molecule has 0 radical (unpaired) electrons. The molecule has 0 saturated carbocycles. The highest BCUT2D eigenvalue weighted by molar-refractivity contribution is 5.87. The lowest BCUT2D eigenvalue weighted by Crippen LogP contribution is -2.50. The summed E-state index contributed by atoms with van der Waals surface area (Å²) in [5.41, 5.74) is 16.7. The quantitative estimate of drug-likeness (QED) is 0.0936. The highest BCUT2D eigenvalue weighted by Gasteiger charge is 2.41. The molecule has 12 nitrogen and oxygen atoms in total. The molecule has 0 saturated heterocycles. The lowest BCUT2D eigenvalue weighted by atomic mass is 9.88. The molecule has 1 rings (SSSR count). The molecule has 0 fully saturated rings. The first-order valence-electron chi connectivity index (χ1n) is 10.4. The minimum atomic E-state index is -1.55. The molecule has 32 heavy (non-hydrogen) atoms. The van der Waals surface area contributed by atoms with Crippen LogP contribution in [0.4, 0.5) is 0 Å². The van der Waals surface area contributed by atoms with Crippen LogP contribution in [0.2, 0.25) is 0 Å². The number of aliphatic imine (C=N–C) groups is 1. The third kappa shape index (κ3) is 7.33. The smallest absolute Gasteiger partial charge is 0.376 e. The van der Waals surface area contributed by atoms with Crippen LogP contribution in [-0.2, 0) is 23.8 Å². The SMILES string of the molecule is CC(C)C(OC(=O)C1=C[C@H](N=C(N)N)[C@@H](C)[C@H]([C@H](O)[C@H](O)CO)O1)OC(=O)C(N)C(C)C. The molecule has 0 bridgehead atoms. The Hall–Kier alpha value is -2.41. The molecule has 184 valence electrons. The third-order valence-electron chi connectivity index (χ3n) is 5.05. The molecular weight excluding hydrogens is 424 g/mol. The number of nitrogens with zero attached hydrogens (tertiary/aromatic N) is 1. The molecule has 0 aromatic heterocycles. The first-order valence-corrected chi connectivity index (χ1v) is 10.4. The summed E-state index contributed by atoms with van der Waals surface area (Å²) in [7, 11) is 0. The molecule has 0 amide bonds. The van der Waals surface area contributed by atoms with Gasteiger partial charge in [-0.1, -0.05) is 34.6 Å². The maximum absolute atomic E-state index is 12.8. The van der Waals surface area contributed by atoms with Crippen molar-refractivity contribution in [3.05, 3.63) is 11.8 Å². The Morgan fingerprint density at radius 3 is 2.22 bits per heavy atom. The van der Waals surface area contributed by atoms with E-state index in [0.29, 0.717) is 0 Å². The Morgan fingerprint density at radius 2 is 1.75 bits per heavy atom. The molecule has 0 aromatic carbocycles. The van der Waals surface area contributed by atoms with Crippen molar-refractivity contribution in [3.63, 3.8) is 0 Å². The monoisotopic (exact) mass is 460 g/mol. The second kappa shape index (κ2) is 12.0. The van der Waals surface area contributed by atoms with E-state index in [-0.39, 0.29) is 17.6 Å². The van der Waals surface area contributed by atoms with Gasteiger partial charge in [0.1, 0.15) is 24.4 Å². The van der Waals surface area contributed by atoms with Crippen molar-refractivity contribution >= 4 is 17.9 Å². The zero-order chi connectivity index (χ0) is 24.7. The van der Waals surface area contributed by atoms with Gasteiger partial charge in [0, 0.05) is 11.8 Å². The fourth-order valence-electron chi connectivity index (χ4n) is 2.87. The summed E-state index contributed by atoms with van der Waals surface area (Å²) in [6.07, 6.45) is -4.17. The molecule has 1 aliphatic heterocycles. The van der Waals surface area contributed by atoms with Crippen LogP contribution in [0.5, 0.6) is 0 Å². The van der Waals surface area contributed by atoms with Crippen molar-refractivity contribution in [2.75, 3.05) is 6.61 Å². The van der Waals surface area contributed by atoms with E-state index in [9.17, 15) is 19.8 Å². The van der Waals surface area contributed by atoms with Crippen molar-refractivity contribution in [2.24, 2.45) is 39.9 Å². The van der Waals surface area contributed by atoms with Gasteiger partial charge < -0.3 is 46.7 Å². The van der Waals surface area contributed by atoms with Gasteiger partial charge in [-0.05, 0) is 12.0 Å². The summed E-state index contributed by atoms with van der Waals surface area (Å²) in [5, 5.41) is 29.3. The molecule has 1 heterocycles. The number of rotatable bonds is 10. The molecular formula is C20H36N4O8. The third-order valence-corrected chi connectivity index (χ3v) is 5.05. The predicted molar refractivity (Wildman–Crippen MR) is 114 cm³/mol. The summed E-state index contributed by atoms with van der Waals surface area (Å²) in [4.78, 5) is 29.0. The Balaban J connectivity index is 3.13. The molecule has 7 atom stereocenters. The minimum Gasteiger partial charge on any atom is -0.480 e. The van der Waals surface area contributed by atoms with Crippen molar-refractivity contribution < 1.29 is 39.1 Å². The fraction of sp³-hybridized carbons (Fsp3) is 0.750. The van der Waals surface area contributed by atoms with Crippen LogP contribution >= 0.6 is 0 Å². The number of hydrogen-bond donors (Lipinski definition) is 6. The van der Waals surface area contributed by atoms with E-state index >= 15 is 0 Å². The van der Waals surface area contributed by atoms with Gasteiger partial charge in [0.2, 0.25) is 12.0 Å². The van der Waals surface area contributed by atoms with E-state index in [1.54, 1.807) is 34.6 Å². The van der Waals surface area contributed by atoms with Crippen molar-refractivity contribution in [2.45, 2.75) is 71.3 Å². The lowest BCUT2D eigenvalue weighted by molar-refractivity contribution is -0.199. The van der Waals surface area contributed by atoms with Crippen molar-refractivity contribution in [1.82, 2.24) is 0 Å². The molecule has 1 aliphatic rings. The largest absolute Gasteiger partial charge is 0.480 e. The number of hydrogen-bond acceptors (Lipinski definition) is 10. The van der Waals surface area contributed by atoms with Crippen LogP contribution < -0.4 is 17.2 Å². The molecule has 12 heteroatoms. The second-order valence-electron chi connectivity index (χ2n) is 8.48. The maximum Gasteiger partial charge on any atom is 0.376 e. The van der Waals surface area contributed by atoms with Crippen LogP contribution in [-0.4, -0.2) is 76.5 Å². The van der Waals surface area contributed by atoms with E-state index in [1.165, 1.54) is 6.08 Å². The number of esters is 2. The lowest BCUT2D eigenvalue weighted by Gasteiger charge is -2.37. The van der Waals surface area contributed by atoms with Crippen LogP contribution in [0.15, 0.2) is 16.8 Å². The van der Waals surface area contributed by atoms with Gasteiger partial charge in [0.15, 0.2) is 5.96 Å². The number of carbonyl (C=O) groups excluding carboxylic acids is 2. The standard InChI is InChI=1S/C20H36N4O8/c1-8(2)14(21)18(29)32-19(9(3)4)31-17(28)13-6-11(24-20(22)23)10(5)16(30-13)15(27)12(26)7-25/h6,8-12,14-16,19,25-27H,7,21H2,1-5H3,(H4,22,23,24)/t10-,11+,12-,14?,15-,16-,19?/m1/s1. The average Bonchev–Trinajstić information content (AvgIpc) is 2.72. The number of nitrogens with two attached hydrogens (primary N) is 3. The van der Waals surface area contributed by atoms with Gasteiger partial charge in [-0.15, -0.1) is 0 Å². The van der Waals surface area contributed by atoms with Gasteiger partial charge in [0.25, 0.3) is 0 Å². The Labute approximate surface area is 187 Å². The highest BCUT2D eigenvalue weighted by Crippen LogP contribution is 2.30. The number of aliphatic hydroxyl groups excluding tert-OH is 3. The summed E-state index contributed by atoms with van der Waals surface area (Å²) < 4.78 is 16.2. The fourth-order valence-corrected chi connectivity index (χ4v) is 2.87. The Kier molecular flexibility index (Phi) is 10.4. The maximum atomic E-state index is 12.8. The second-order valence-corrected chi connectivity index (χ2v) is 8.48. The van der Waals surface area contributed by atoms with Crippen molar-refractivity contribution in [1.29, 1.82) is 0 Å².